The predicted molar refractivity (Wildman–Crippen MR) is 116 cm³/mol. The number of hydrogen-bond donors (Lipinski definition) is 2. The minimum atomic E-state index is -0.259. The first kappa shape index (κ1) is 24.6. The van der Waals surface area contributed by atoms with E-state index in [2.05, 4.69) is 43.5 Å². The summed E-state index contributed by atoms with van der Waals surface area (Å²) in [4.78, 5) is 6.76. The lowest BCUT2D eigenvalue weighted by Gasteiger charge is -2.18. The van der Waals surface area contributed by atoms with Gasteiger partial charge in [-0.25, -0.2) is 9.38 Å². The largest absolute Gasteiger partial charge is 0.385 e. The topological polar surface area (TPSA) is 48.9 Å². The summed E-state index contributed by atoms with van der Waals surface area (Å²) in [6, 6.07) is 4.82. The van der Waals surface area contributed by atoms with Crippen LogP contribution in [0.3, 0.4) is 0 Å². The Labute approximate surface area is 175 Å². The monoisotopic (exact) mass is 530 g/mol. The van der Waals surface area contributed by atoms with E-state index < -0.39 is 0 Å². The van der Waals surface area contributed by atoms with Gasteiger partial charge in [-0.15, -0.1) is 24.0 Å². The van der Waals surface area contributed by atoms with E-state index in [4.69, 9.17) is 4.74 Å². The van der Waals surface area contributed by atoms with Gasteiger partial charge in [0.2, 0.25) is 0 Å². The lowest BCUT2D eigenvalue weighted by molar-refractivity contribution is 0.180. The van der Waals surface area contributed by atoms with Crippen molar-refractivity contribution in [2.24, 2.45) is 4.99 Å². The van der Waals surface area contributed by atoms with Gasteiger partial charge in [0, 0.05) is 44.4 Å². The molecule has 5 nitrogen and oxygen atoms in total. The van der Waals surface area contributed by atoms with Crippen molar-refractivity contribution in [3.63, 3.8) is 0 Å². The number of benzene rings is 1. The average Bonchev–Trinajstić information content (AvgIpc) is 2.52. The molecule has 0 aliphatic heterocycles. The third-order valence-electron chi connectivity index (χ3n) is 3.36. The van der Waals surface area contributed by atoms with Crippen LogP contribution in [0.15, 0.2) is 27.7 Å². The van der Waals surface area contributed by atoms with Crippen molar-refractivity contribution in [3.8, 4) is 0 Å². The van der Waals surface area contributed by atoms with Crippen LogP contribution in [0.5, 0.6) is 0 Å². The first-order valence-electron chi connectivity index (χ1n) is 8.19. The molecule has 1 aromatic rings. The fourth-order valence-corrected chi connectivity index (χ4v) is 2.68. The molecule has 1 rings (SSSR count). The van der Waals surface area contributed by atoms with Crippen LogP contribution in [-0.4, -0.2) is 57.8 Å². The standard InChI is InChI=1S/C17H28BrFN4O.HI/c1-4-20-17(21-6-8-23(2)7-5-9-24-3)22-13-14-10-15(18)12-16(19)11-14;/h10-12H,4-9,13H2,1-3H3,(H2,20,21,22);1H. The molecule has 0 atom stereocenters. The zero-order chi connectivity index (χ0) is 17.8. The highest BCUT2D eigenvalue weighted by Gasteiger charge is 2.02. The molecule has 8 heteroatoms. The van der Waals surface area contributed by atoms with Crippen LogP contribution in [0.4, 0.5) is 4.39 Å². The van der Waals surface area contributed by atoms with E-state index in [1.54, 1.807) is 7.11 Å². The number of halogens is 3. The molecule has 0 radical (unpaired) electrons. The van der Waals surface area contributed by atoms with Crippen molar-refractivity contribution in [1.82, 2.24) is 15.5 Å². The van der Waals surface area contributed by atoms with Crippen molar-refractivity contribution in [2.45, 2.75) is 19.9 Å². The number of ether oxygens (including phenoxy) is 1. The Morgan fingerprint density at radius 2 is 2.04 bits per heavy atom. The Kier molecular flexibility index (Phi) is 14.4. The minimum Gasteiger partial charge on any atom is -0.385 e. The SMILES string of the molecule is CCNC(=NCc1cc(F)cc(Br)c1)NCCN(C)CCCOC.I. The zero-order valence-electron chi connectivity index (χ0n) is 15.1. The third-order valence-corrected chi connectivity index (χ3v) is 3.82. The number of rotatable bonds is 10. The highest BCUT2D eigenvalue weighted by Crippen LogP contribution is 2.15. The maximum atomic E-state index is 13.4. The summed E-state index contributed by atoms with van der Waals surface area (Å²) in [5, 5.41) is 6.50. The molecule has 0 amide bonds. The molecule has 0 spiro atoms. The molecular weight excluding hydrogens is 502 g/mol. The second-order valence-electron chi connectivity index (χ2n) is 5.55. The second-order valence-corrected chi connectivity index (χ2v) is 6.46. The highest BCUT2D eigenvalue weighted by atomic mass is 127. The van der Waals surface area contributed by atoms with Crippen molar-refractivity contribution in [2.75, 3.05) is 46.9 Å². The van der Waals surface area contributed by atoms with Crippen molar-refractivity contribution < 1.29 is 9.13 Å². The lowest BCUT2D eigenvalue weighted by atomic mass is 10.2. The summed E-state index contributed by atoms with van der Waals surface area (Å²) < 4.78 is 19.2. The van der Waals surface area contributed by atoms with Gasteiger partial charge < -0.3 is 20.3 Å². The minimum absolute atomic E-state index is 0. The molecular formula is C17H29BrFIN4O. The Morgan fingerprint density at radius 3 is 2.68 bits per heavy atom. The van der Waals surface area contributed by atoms with Crippen LogP contribution in [0.2, 0.25) is 0 Å². The summed E-state index contributed by atoms with van der Waals surface area (Å²) in [6.45, 7) is 6.72. The van der Waals surface area contributed by atoms with Crippen LogP contribution in [-0.2, 0) is 11.3 Å². The highest BCUT2D eigenvalue weighted by molar-refractivity contribution is 14.0. The molecule has 0 saturated heterocycles. The Balaban J connectivity index is 0.00000576. The van der Waals surface area contributed by atoms with Gasteiger partial charge in [0.15, 0.2) is 5.96 Å². The fourth-order valence-electron chi connectivity index (χ4n) is 2.17. The van der Waals surface area contributed by atoms with Crippen molar-refractivity contribution in [1.29, 1.82) is 0 Å². The molecule has 0 fully saturated rings. The molecule has 0 unspecified atom stereocenters. The smallest absolute Gasteiger partial charge is 0.191 e. The summed E-state index contributed by atoms with van der Waals surface area (Å²) in [6.07, 6.45) is 1.02. The molecule has 0 saturated carbocycles. The fraction of sp³-hybridized carbons (Fsp3) is 0.588. The molecule has 144 valence electrons. The molecule has 0 aromatic heterocycles. The van der Waals surface area contributed by atoms with E-state index in [0.29, 0.717) is 6.54 Å². The summed E-state index contributed by atoms with van der Waals surface area (Å²) in [5.74, 6) is 0.480. The first-order valence-corrected chi connectivity index (χ1v) is 8.99. The van der Waals surface area contributed by atoms with E-state index in [1.807, 2.05) is 13.0 Å². The number of nitrogens with one attached hydrogen (secondary N) is 2. The second kappa shape index (κ2) is 14.7. The molecule has 0 aliphatic rings. The van der Waals surface area contributed by atoms with E-state index >= 15 is 0 Å². The Morgan fingerprint density at radius 1 is 1.28 bits per heavy atom. The van der Waals surface area contributed by atoms with Gasteiger partial charge >= 0.3 is 0 Å². The average molecular weight is 531 g/mol. The van der Waals surface area contributed by atoms with Gasteiger partial charge in [-0.3, -0.25) is 0 Å². The van der Waals surface area contributed by atoms with E-state index in [9.17, 15) is 4.39 Å². The number of aliphatic imine (C=N–C) groups is 1. The van der Waals surface area contributed by atoms with Crippen molar-refractivity contribution >= 4 is 45.9 Å². The number of guanidine groups is 1. The summed E-state index contributed by atoms with van der Waals surface area (Å²) >= 11 is 3.30. The van der Waals surface area contributed by atoms with E-state index in [1.165, 1.54) is 12.1 Å². The quantitative estimate of drug-likeness (QED) is 0.211. The molecule has 0 bridgehead atoms. The molecule has 0 aliphatic carbocycles. The Hall–Kier alpha value is -0.450. The maximum absolute atomic E-state index is 13.4. The first-order chi connectivity index (χ1) is 11.5. The van der Waals surface area contributed by atoms with E-state index in [0.717, 1.165) is 55.2 Å². The summed E-state index contributed by atoms with van der Waals surface area (Å²) in [7, 11) is 3.81. The predicted octanol–water partition coefficient (Wildman–Crippen LogP) is 3.23. The maximum Gasteiger partial charge on any atom is 0.191 e. The normalized spacial score (nSPS) is 11.4. The number of hydrogen-bond acceptors (Lipinski definition) is 3. The number of nitrogens with zero attached hydrogens (tertiary/aromatic N) is 2. The molecule has 2 N–H and O–H groups in total. The Bertz CT molecular complexity index is 499. The van der Waals surface area contributed by atoms with Gasteiger partial charge in [0.25, 0.3) is 0 Å². The molecule has 0 heterocycles. The summed E-state index contributed by atoms with van der Waals surface area (Å²) in [5.41, 5.74) is 0.829. The number of likely N-dealkylation sites (N-methyl/N-ethyl adjacent to an activating group) is 1. The number of methoxy groups -OCH3 is 1. The van der Waals surface area contributed by atoms with Crippen LogP contribution in [0.25, 0.3) is 0 Å². The van der Waals surface area contributed by atoms with Crippen LogP contribution in [0, 0.1) is 5.82 Å². The van der Waals surface area contributed by atoms with Crippen molar-refractivity contribution in [3.05, 3.63) is 34.1 Å². The van der Waals surface area contributed by atoms with Gasteiger partial charge in [0.05, 0.1) is 6.54 Å². The van der Waals surface area contributed by atoms with E-state index in [-0.39, 0.29) is 29.8 Å². The lowest BCUT2D eigenvalue weighted by Crippen LogP contribution is -2.41. The van der Waals surface area contributed by atoms with Crippen LogP contribution < -0.4 is 10.6 Å². The van der Waals surface area contributed by atoms with Gasteiger partial charge in [-0.05, 0) is 44.2 Å². The molecule has 1 aromatic carbocycles. The third kappa shape index (κ3) is 11.7. The van der Waals surface area contributed by atoms with Gasteiger partial charge in [-0.2, -0.15) is 0 Å². The molecule has 25 heavy (non-hydrogen) atoms. The van der Waals surface area contributed by atoms with Crippen LogP contribution >= 0.6 is 39.9 Å². The van der Waals surface area contributed by atoms with Crippen LogP contribution in [0.1, 0.15) is 18.9 Å². The zero-order valence-corrected chi connectivity index (χ0v) is 19.1. The van der Waals surface area contributed by atoms with Gasteiger partial charge in [0.1, 0.15) is 5.82 Å². The van der Waals surface area contributed by atoms with Gasteiger partial charge in [-0.1, -0.05) is 15.9 Å².